The molecule has 0 saturated heterocycles. The quantitative estimate of drug-likeness (QED) is 0.560. The number of aromatic nitrogens is 2. The summed E-state index contributed by atoms with van der Waals surface area (Å²) < 4.78 is 6.88. The maximum Gasteiger partial charge on any atom is 0.311 e. The minimum absolute atomic E-state index is 0.0884. The maximum absolute atomic E-state index is 12.5. The molecule has 1 heterocycles. The van der Waals surface area contributed by atoms with Crippen LogP contribution in [0, 0.1) is 24.0 Å². The van der Waals surface area contributed by atoms with Crippen molar-refractivity contribution in [1.82, 2.24) is 9.55 Å². The van der Waals surface area contributed by atoms with Gasteiger partial charge in [-0.25, -0.2) is 4.98 Å². The molecule has 0 saturated carbocycles. The van der Waals surface area contributed by atoms with Gasteiger partial charge in [-0.3, -0.25) is 14.9 Å². The molecule has 0 unspecified atom stereocenters. The van der Waals surface area contributed by atoms with Crippen LogP contribution < -0.4 is 10.1 Å². The van der Waals surface area contributed by atoms with Crippen molar-refractivity contribution in [2.75, 3.05) is 12.4 Å². The van der Waals surface area contributed by atoms with E-state index in [1.807, 2.05) is 35.8 Å². The lowest BCUT2D eigenvalue weighted by atomic mass is 10.1. The first kappa shape index (κ1) is 17.4. The number of aryl methyl sites for hydroxylation is 2. The minimum Gasteiger partial charge on any atom is -0.490 e. The zero-order valence-corrected chi connectivity index (χ0v) is 14.6. The number of fused-ring (bicyclic) bond motifs is 1. The first-order valence-electron chi connectivity index (χ1n) is 7.95. The van der Waals surface area contributed by atoms with E-state index in [9.17, 15) is 14.9 Å². The molecule has 0 aliphatic carbocycles. The number of anilines is 1. The van der Waals surface area contributed by atoms with Crippen molar-refractivity contribution in [3.8, 4) is 5.75 Å². The molecule has 0 aliphatic rings. The van der Waals surface area contributed by atoms with Gasteiger partial charge in [-0.15, -0.1) is 0 Å². The zero-order chi connectivity index (χ0) is 18.8. The largest absolute Gasteiger partial charge is 0.490 e. The van der Waals surface area contributed by atoms with Gasteiger partial charge in [-0.1, -0.05) is 12.1 Å². The van der Waals surface area contributed by atoms with Crippen LogP contribution in [0.3, 0.4) is 0 Å². The Balaban J connectivity index is 1.86. The molecule has 1 amide bonds. The zero-order valence-electron chi connectivity index (χ0n) is 14.6. The summed E-state index contributed by atoms with van der Waals surface area (Å²) in [5.41, 5.74) is 2.61. The Morgan fingerprint density at radius 1 is 1.31 bits per heavy atom. The molecule has 0 bridgehead atoms. The van der Waals surface area contributed by atoms with Crippen molar-refractivity contribution in [2.45, 2.75) is 20.4 Å². The van der Waals surface area contributed by atoms with E-state index in [0.717, 1.165) is 16.9 Å². The van der Waals surface area contributed by atoms with E-state index in [-0.39, 0.29) is 23.9 Å². The number of hydrogen-bond acceptors (Lipinski definition) is 5. The number of nitro benzene ring substituents is 1. The number of imidazole rings is 1. The second-order valence-corrected chi connectivity index (χ2v) is 5.88. The van der Waals surface area contributed by atoms with Crippen LogP contribution in [0.15, 0.2) is 36.4 Å². The standard InChI is InChI=1S/C18H18N4O4/c1-11-8-16(22(24)25)17(26-3)9-14(11)20-18(23)10-21-12(2)19-13-6-4-5-7-15(13)21/h4-9H,10H2,1-3H3,(H,20,23). The van der Waals surface area contributed by atoms with Gasteiger partial charge in [0.1, 0.15) is 12.4 Å². The highest BCUT2D eigenvalue weighted by molar-refractivity contribution is 5.93. The lowest BCUT2D eigenvalue weighted by molar-refractivity contribution is -0.385. The summed E-state index contributed by atoms with van der Waals surface area (Å²) in [6, 6.07) is 10.4. The van der Waals surface area contributed by atoms with Gasteiger partial charge < -0.3 is 14.6 Å². The van der Waals surface area contributed by atoms with Gasteiger partial charge in [0.05, 0.1) is 23.1 Å². The Morgan fingerprint density at radius 2 is 2.04 bits per heavy atom. The molecule has 26 heavy (non-hydrogen) atoms. The molecular weight excluding hydrogens is 336 g/mol. The van der Waals surface area contributed by atoms with E-state index < -0.39 is 4.92 Å². The second kappa shape index (κ2) is 6.83. The van der Waals surface area contributed by atoms with Crippen LogP contribution >= 0.6 is 0 Å². The number of methoxy groups -OCH3 is 1. The van der Waals surface area contributed by atoms with Crippen molar-refractivity contribution >= 4 is 28.3 Å². The number of carbonyl (C=O) groups is 1. The van der Waals surface area contributed by atoms with E-state index in [1.165, 1.54) is 19.2 Å². The first-order chi connectivity index (χ1) is 12.4. The maximum atomic E-state index is 12.5. The third-order valence-corrected chi connectivity index (χ3v) is 4.14. The van der Waals surface area contributed by atoms with Crippen LogP contribution in [0.2, 0.25) is 0 Å². The third-order valence-electron chi connectivity index (χ3n) is 4.14. The van der Waals surface area contributed by atoms with E-state index in [0.29, 0.717) is 11.3 Å². The van der Waals surface area contributed by atoms with Crippen LogP contribution in [0.5, 0.6) is 5.75 Å². The van der Waals surface area contributed by atoms with E-state index in [2.05, 4.69) is 10.3 Å². The molecule has 1 N–H and O–H groups in total. The monoisotopic (exact) mass is 354 g/mol. The Hall–Kier alpha value is -3.42. The predicted molar refractivity (Wildman–Crippen MR) is 97.5 cm³/mol. The lowest BCUT2D eigenvalue weighted by Gasteiger charge is -2.12. The summed E-state index contributed by atoms with van der Waals surface area (Å²) in [4.78, 5) is 27.5. The van der Waals surface area contributed by atoms with Gasteiger partial charge in [0.15, 0.2) is 5.75 Å². The van der Waals surface area contributed by atoms with Gasteiger partial charge >= 0.3 is 5.69 Å². The van der Waals surface area contributed by atoms with E-state index in [4.69, 9.17) is 4.74 Å². The highest BCUT2D eigenvalue weighted by atomic mass is 16.6. The predicted octanol–water partition coefficient (Wildman–Crippen LogP) is 3.21. The highest BCUT2D eigenvalue weighted by Gasteiger charge is 2.19. The Kier molecular flexibility index (Phi) is 4.57. The number of nitrogens with one attached hydrogen (secondary N) is 1. The summed E-state index contributed by atoms with van der Waals surface area (Å²) in [6.45, 7) is 3.62. The number of hydrogen-bond donors (Lipinski definition) is 1. The lowest BCUT2D eigenvalue weighted by Crippen LogP contribution is -2.20. The number of ether oxygens (including phenoxy) is 1. The van der Waals surface area contributed by atoms with Crippen LogP contribution in [-0.2, 0) is 11.3 Å². The molecule has 1 aromatic heterocycles. The average molecular weight is 354 g/mol. The Labute approximate surface area is 149 Å². The molecule has 8 heteroatoms. The number of benzene rings is 2. The van der Waals surface area contributed by atoms with E-state index >= 15 is 0 Å². The molecule has 3 aromatic rings. The van der Waals surface area contributed by atoms with Crippen molar-refractivity contribution in [1.29, 1.82) is 0 Å². The summed E-state index contributed by atoms with van der Waals surface area (Å²) in [7, 11) is 1.35. The SMILES string of the molecule is COc1cc(NC(=O)Cn2c(C)nc3ccccc32)c(C)cc1[N+](=O)[O-]. The van der Waals surface area contributed by atoms with Crippen molar-refractivity contribution in [3.63, 3.8) is 0 Å². The number of amides is 1. The smallest absolute Gasteiger partial charge is 0.311 e. The summed E-state index contributed by atoms with van der Waals surface area (Å²) in [6.07, 6.45) is 0. The van der Waals surface area contributed by atoms with E-state index in [1.54, 1.807) is 6.92 Å². The fraction of sp³-hybridized carbons (Fsp3) is 0.222. The van der Waals surface area contributed by atoms with Crippen LogP contribution in [-0.4, -0.2) is 27.5 Å². The summed E-state index contributed by atoms with van der Waals surface area (Å²) in [5, 5.41) is 13.9. The minimum atomic E-state index is -0.515. The fourth-order valence-corrected chi connectivity index (χ4v) is 2.84. The van der Waals surface area contributed by atoms with Crippen LogP contribution in [0.1, 0.15) is 11.4 Å². The molecule has 0 aliphatic heterocycles. The fourth-order valence-electron chi connectivity index (χ4n) is 2.84. The highest BCUT2D eigenvalue weighted by Crippen LogP contribution is 2.32. The molecule has 134 valence electrons. The molecule has 2 aromatic carbocycles. The first-order valence-corrected chi connectivity index (χ1v) is 7.95. The van der Waals surface area contributed by atoms with Gasteiger partial charge in [0.25, 0.3) is 0 Å². The molecule has 0 radical (unpaired) electrons. The topological polar surface area (TPSA) is 99.3 Å². The molecule has 0 atom stereocenters. The van der Waals surface area contributed by atoms with Crippen molar-refractivity contribution in [3.05, 3.63) is 57.9 Å². The number of nitro groups is 1. The van der Waals surface area contributed by atoms with Gasteiger partial charge in [-0.2, -0.15) is 0 Å². The Bertz CT molecular complexity index is 1010. The number of para-hydroxylation sites is 2. The molecular formula is C18H18N4O4. The second-order valence-electron chi connectivity index (χ2n) is 5.88. The third kappa shape index (κ3) is 3.21. The number of rotatable bonds is 5. The Morgan fingerprint density at radius 3 is 2.73 bits per heavy atom. The van der Waals surface area contributed by atoms with Crippen LogP contribution in [0.4, 0.5) is 11.4 Å². The van der Waals surface area contributed by atoms with Crippen LogP contribution in [0.25, 0.3) is 11.0 Å². The van der Waals surface area contributed by atoms with Gasteiger partial charge in [-0.05, 0) is 31.5 Å². The molecule has 3 rings (SSSR count). The molecule has 8 nitrogen and oxygen atoms in total. The van der Waals surface area contributed by atoms with Gasteiger partial charge in [0, 0.05) is 17.8 Å². The van der Waals surface area contributed by atoms with Gasteiger partial charge in [0.2, 0.25) is 5.91 Å². The molecule has 0 spiro atoms. The summed E-state index contributed by atoms with van der Waals surface area (Å²) >= 11 is 0. The van der Waals surface area contributed by atoms with Crippen molar-refractivity contribution < 1.29 is 14.5 Å². The number of nitrogens with zero attached hydrogens (tertiary/aromatic N) is 3. The molecule has 0 fully saturated rings. The number of carbonyl (C=O) groups excluding carboxylic acids is 1. The normalized spacial score (nSPS) is 10.7. The summed E-state index contributed by atoms with van der Waals surface area (Å²) in [5.74, 6) is 0.578. The van der Waals surface area contributed by atoms with Crippen molar-refractivity contribution in [2.24, 2.45) is 0 Å². The average Bonchev–Trinajstić information content (AvgIpc) is 2.91.